The van der Waals surface area contributed by atoms with Crippen LogP contribution in [-0.4, -0.2) is 19.3 Å². The van der Waals surface area contributed by atoms with E-state index in [2.05, 4.69) is 46.3 Å². The highest BCUT2D eigenvalue weighted by Gasteiger charge is 2.41. The van der Waals surface area contributed by atoms with Crippen molar-refractivity contribution in [1.29, 1.82) is 0 Å². The smallest absolute Gasteiger partial charge is 0.242 e. The molecule has 0 fully saturated rings. The molecule has 0 spiro atoms. The Kier molecular flexibility index (Phi) is 9.11. The molecule has 10 heteroatoms. The van der Waals surface area contributed by atoms with E-state index in [-0.39, 0.29) is 21.9 Å². The van der Waals surface area contributed by atoms with E-state index in [0.29, 0.717) is 5.56 Å². The molecule has 2 aromatic rings. The highest BCUT2D eigenvalue weighted by molar-refractivity contribution is 7.84. The fourth-order valence-corrected chi connectivity index (χ4v) is 9.39. The lowest BCUT2D eigenvalue weighted by molar-refractivity contribution is -0.143. The second-order valence-electron chi connectivity index (χ2n) is 12.0. The summed E-state index contributed by atoms with van der Waals surface area (Å²) in [4.78, 5) is 0. The van der Waals surface area contributed by atoms with Gasteiger partial charge in [0, 0.05) is 0 Å². The lowest BCUT2D eigenvalue weighted by Crippen LogP contribution is -2.39. The average Bonchev–Trinajstić information content (AvgIpc) is 2.68. The second-order valence-corrected chi connectivity index (χ2v) is 17.8. The lowest BCUT2D eigenvalue weighted by Gasteiger charge is -2.43. The van der Waals surface area contributed by atoms with Gasteiger partial charge in [-0.25, -0.2) is 8.93 Å². The van der Waals surface area contributed by atoms with E-state index in [1.54, 1.807) is 32.9 Å². The Labute approximate surface area is 220 Å². The molecule has 2 nitrogen and oxygen atoms in total. The van der Waals surface area contributed by atoms with E-state index in [4.69, 9.17) is 0 Å². The van der Waals surface area contributed by atoms with Crippen LogP contribution < -0.4 is 10.0 Å². The van der Waals surface area contributed by atoms with Crippen molar-refractivity contribution in [2.24, 2.45) is 0 Å². The van der Waals surface area contributed by atoms with Crippen LogP contribution in [0.3, 0.4) is 0 Å². The Morgan fingerprint density at radius 3 is 1.54 bits per heavy atom. The van der Waals surface area contributed by atoms with Crippen molar-refractivity contribution < 1.29 is 30.6 Å². The van der Waals surface area contributed by atoms with E-state index in [0.717, 1.165) is 17.4 Å². The molecule has 0 saturated heterocycles. The van der Waals surface area contributed by atoms with E-state index in [1.165, 1.54) is 0 Å². The van der Waals surface area contributed by atoms with Gasteiger partial charge in [0.25, 0.3) is 0 Å². The Morgan fingerprint density at radius 2 is 1.16 bits per heavy atom. The third-order valence-corrected chi connectivity index (χ3v) is 10.7. The van der Waals surface area contributed by atoms with Crippen LogP contribution in [0.15, 0.2) is 42.5 Å². The van der Waals surface area contributed by atoms with Gasteiger partial charge in [-0.1, -0.05) is 73.7 Å². The van der Waals surface area contributed by atoms with Gasteiger partial charge < -0.3 is 0 Å². The molecule has 1 N–H and O–H groups in total. The largest absolute Gasteiger partial charge is 0.416 e. The van der Waals surface area contributed by atoms with Crippen molar-refractivity contribution in [2.45, 2.75) is 95.8 Å². The normalized spacial score (nSPS) is 15.7. The quantitative estimate of drug-likeness (QED) is 0.285. The fourth-order valence-electron chi connectivity index (χ4n) is 4.40. The molecular weight excluding hydrogens is 531 g/mol. The third-order valence-electron chi connectivity index (χ3n) is 5.55. The van der Waals surface area contributed by atoms with Crippen LogP contribution in [0.4, 0.5) is 26.3 Å². The molecule has 0 aliphatic rings. The van der Waals surface area contributed by atoms with Crippen LogP contribution in [0.25, 0.3) is 0 Å². The zero-order valence-electron chi connectivity index (χ0n) is 22.7. The molecule has 0 unspecified atom stereocenters. The molecule has 0 aliphatic heterocycles. The molecule has 0 aliphatic carbocycles. The Balaban J connectivity index is 2.96. The maximum Gasteiger partial charge on any atom is 0.416 e. The van der Waals surface area contributed by atoms with Crippen molar-refractivity contribution in [1.82, 2.24) is 4.72 Å². The summed E-state index contributed by atoms with van der Waals surface area (Å²) in [7, 11) is -2.77. The highest BCUT2D eigenvalue weighted by Crippen LogP contribution is 2.59. The van der Waals surface area contributed by atoms with Crippen molar-refractivity contribution in [2.75, 3.05) is 0 Å². The molecule has 208 valence electrons. The van der Waals surface area contributed by atoms with Crippen molar-refractivity contribution in [3.8, 4) is 0 Å². The standard InChI is InChI=1S/C27H36F6NOPS/c1-23(2,3)36(24(4,5)6)21-13-11-10-12-20(21)22(34-37(35)25(7,8)9)17-14-18(26(28,29)30)16-19(15-17)27(31,32)33/h10-16,22,34H,1-9H3/t22-,37+/m0/s1. The summed E-state index contributed by atoms with van der Waals surface area (Å²) in [6.07, 6.45) is -9.99. The zero-order valence-corrected chi connectivity index (χ0v) is 24.4. The first kappa shape index (κ1) is 31.8. The predicted octanol–water partition coefficient (Wildman–Crippen LogP) is 8.57. The summed E-state index contributed by atoms with van der Waals surface area (Å²) >= 11 is 0. The Bertz CT molecular complexity index is 1080. The molecule has 2 aromatic carbocycles. The molecule has 0 radical (unpaired) electrons. The number of benzene rings is 2. The summed E-state index contributed by atoms with van der Waals surface area (Å²) in [6, 6.07) is 7.48. The highest BCUT2D eigenvalue weighted by atomic mass is 32.2. The summed E-state index contributed by atoms with van der Waals surface area (Å²) < 4.78 is 97.7. The Hall–Kier alpha value is -1.44. The molecule has 0 saturated carbocycles. The number of rotatable bonds is 5. The van der Waals surface area contributed by atoms with Gasteiger partial charge in [0.2, 0.25) is 0 Å². The number of nitrogens with one attached hydrogen (secondary N) is 1. The van der Waals surface area contributed by atoms with E-state index >= 15 is 0 Å². The van der Waals surface area contributed by atoms with Gasteiger partial charge in [-0.3, -0.25) is 0 Å². The maximum atomic E-state index is 13.7. The van der Waals surface area contributed by atoms with Crippen LogP contribution >= 0.6 is 7.92 Å². The summed E-state index contributed by atoms with van der Waals surface area (Å²) in [5, 5.41) is 0.372. The number of alkyl halides is 6. The zero-order chi connectivity index (χ0) is 28.8. The minimum absolute atomic E-state index is 0.115. The molecule has 0 aromatic heterocycles. The number of hydrogen-bond acceptors (Lipinski definition) is 1. The van der Waals surface area contributed by atoms with Gasteiger partial charge in [-0.05, 0) is 65.7 Å². The first-order valence-corrected chi connectivity index (χ1v) is 14.3. The molecule has 0 heterocycles. The SMILES string of the molecule is CC(C)(C)P(c1ccccc1[C@@H](N[S@](=O)C(C)(C)C)c1cc(C(F)(F)F)cc(C(F)(F)F)c1)C(C)(C)C. The Morgan fingerprint density at radius 1 is 0.730 bits per heavy atom. The number of hydrogen-bond donors (Lipinski definition) is 1. The second kappa shape index (κ2) is 10.6. The first-order chi connectivity index (χ1) is 16.4. The van der Waals surface area contributed by atoms with Crippen LogP contribution in [-0.2, 0) is 23.3 Å². The first-order valence-electron chi connectivity index (χ1n) is 11.8. The van der Waals surface area contributed by atoms with Crippen molar-refractivity contribution in [3.63, 3.8) is 0 Å². The molecular formula is C27H36F6NOPS. The van der Waals surface area contributed by atoms with E-state index in [9.17, 15) is 30.6 Å². The van der Waals surface area contributed by atoms with Crippen molar-refractivity contribution in [3.05, 3.63) is 64.7 Å². The predicted molar refractivity (Wildman–Crippen MR) is 142 cm³/mol. The molecule has 2 rings (SSSR count). The van der Waals surface area contributed by atoms with Crippen LogP contribution in [0, 0.1) is 0 Å². The summed E-state index contributed by atoms with van der Waals surface area (Å²) in [5.41, 5.74) is -2.54. The monoisotopic (exact) mass is 567 g/mol. The summed E-state index contributed by atoms with van der Waals surface area (Å²) in [5.74, 6) is 0. The van der Waals surface area contributed by atoms with Gasteiger partial charge in [-0.2, -0.15) is 26.3 Å². The molecule has 0 bridgehead atoms. The van der Waals surface area contributed by atoms with Gasteiger partial charge >= 0.3 is 12.4 Å². The van der Waals surface area contributed by atoms with Gasteiger partial charge in [-0.15, -0.1) is 0 Å². The van der Waals surface area contributed by atoms with E-state index < -0.39 is 53.2 Å². The summed E-state index contributed by atoms with van der Waals surface area (Å²) in [6.45, 7) is 17.5. The van der Waals surface area contributed by atoms with Gasteiger partial charge in [0.1, 0.15) is 0 Å². The minimum atomic E-state index is -4.99. The van der Waals surface area contributed by atoms with Crippen LogP contribution in [0.1, 0.15) is 90.6 Å². The fraction of sp³-hybridized carbons (Fsp3) is 0.556. The molecule has 37 heavy (non-hydrogen) atoms. The number of halogens is 6. The van der Waals surface area contributed by atoms with Crippen LogP contribution in [0.5, 0.6) is 0 Å². The third kappa shape index (κ3) is 8.03. The maximum absolute atomic E-state index is 13.7. The molecule has 0 amide bonds. The molecule has 2 atom stereocenters. The van der Waals surface area contributed by atoms with Gasteiger partial charge in [0.05, 0.1) is 32.9 Å². The van der Waals surface area contributed by atoms with Gasteiger partial charge in [0.15, 0.2) is 0 Å². The minimum Gasteiger partial charge on any atom is -0.242 e. The van der Waals surface area contributed by atoms with Crippen molar-refractivity contribution >= 4 is 24.2 Å². The lowest BCUT2D eigenvalue weighted by atomic mass is 9.95. The van der Waals surface area contributed by atoms with E-state index in [1.807, 2.05) is 12.1 Å². The average molecular weight is 568 g/mol. The topological polar surface area (TPSA) is 29.1 Å². The van der Waals surface area contributed by atoms with Crippen LogP contribution in [0.2, 0.25) is 0 Å².